The second-order valence-electron chi connectivity index (χ2n) is 3.42. The molecule has 0 saturated heterocycles. The highest BCUT2D eigenvalue weighted by Gasteiger charge is 2.54. The van der Waals surface area contributed by atoms with Gasteiger partial charge in [-0.05, 0) is 12.8 Å². The second-order valence-corrected chi connectivity index (χ2v) is 7.14. The molecule has 0 aliphatic heterocycles. The average Bonchev–Trinajstić information content (AvgIpc) is 2.02. The van der Waals surface area contributed by atoms with Gasteiger partial charge in [-0.3, -0.25) is 9.11 Å². The molecule has 1 aliphatic carbocycles. The lowest BCUT2D eigenvalue weighted by Crippen LogP contribution is -2.47. The number of hydrogen-bond donors (Lipinski definition) is 2. The average molecular weight is 244 g/mol. The van der Waals surface area contributed by atoms with Crippen molar-refractivity contribution >= 4 is 20.2 Å². The summed E-state index contributed by atoms with van der Waals surface area (Å²) in [5, 5.41) is 0. The Morgan fingerprint density at radius 1 is 0.786 bits per heavy atom. The molecule has 0 spiro atoms. The number of rotatable bonds is 2. The smallest absolute Gasteiger partial charge is 0.284 e. The van der Waals surface area contributed by atoms with Gasteiger partial charge in [-0.2, -0.15) is 16.8 Å². The molecule has 1 aliphatic rings. The van der Waals surface area contributed by atoms with Crippen LogP contribution < -0.4 is 0 Å². The van der Waals surface area contributed by atoms with E-state index in [9.17, 15) is 16.8 Å². The van der Waals surface area contributed by atoms with Crippen LogP contribution in [0.1, 0.15) is 32.1 Å². The summed E-state index contributed by atoms with van der Waals surface area (Å²) >= 11 is 0. The second kappa shape index (κ2) is 3.44. The molecule has 0 unspecified atom stereocenters. The highest BCUT2D eigenvalue weighted by atomic mass is 32.3. The summed E-state index contributed by atoms with van der Waals surface area (Å²) in [4.78, 5) is 0. The summed E-state index contributed by atoms with van der Waals surface area (Å²) < 4.78 is 59.2. The van der Waals surface area contributed by atoms with Gasteiger partial charge >= 0.3 is 0 Å². The van der Waals surface area contributed by atoms with Crippen LogP contribution in [0.25, 0.3) is 0 Å². The Morgan fingerprint density at radius 2 is 1.14 bits per heavy atom. The SMILES string of the molecule is O=S(=O)(O)C1(S(=O)(=O)O)CCCCC1. The van der Waals surface area contributed by atoms with Gasteiger partial charge < -0.3 is 0 Å². The summed E-state index contributed by atoms with van der Waals surface area (Å²) in [7, 11) is -9.57. The van der Waals surface area contributed by atoms with E-state index in [0.717, 1.165) is 0 Å². The van der Waals surface area contributed by atoms with Crippen molar-refractivity contribution < 1.29 is 25.9 Å². The van der Waals surface area contributed by atoms with Gasteiger partial charge in [-0.1, -0.05) is 19.3 Å². The first-order chi connectivity index (χ1) is 6.21. The molecule has 0 atom stereocenters. The first-order valence-electron chi connectivity index (χ1n) is 4.15. The lowest BCUT2D eigenvalue weighted by atomic mass is 10.00. The van der Waals surface area contributed by atoms with Crippen LogP contribution in [0.4, 0.5) is 0 Å². The fraction of sp³-hybridized carbons (Fsp3) is 1.00. The quantitative estimate of drug-likeness (QED) is 0.681. The van der Waals surface area contributed by atoms with Gasteiger partial charge in [0.1, 0.15) is 0 Å². The van der Waals surface area contributed by atoms with E-state index in [2.05, 4.69) is 0 Å². The van der Waals surface area contributed by atoms with E-state index in [4.69, 9.17) is 9.11 Å². The van der Waals surface area contributed by atoms with Crippen molar-refractivity contribution in [3.63, 3.8) is 0 Å². The first kappa shape index (κ1) is 11.9. The van der Waals surface area contributed by atoms with E-state index in [1.54, 1.807) is 0 Å². The zero-order chi connectivity index (χ0) is 11.0. The molecule has 1 saturated carbocycles. The highest BCUT2D eigenvalue weighted by molar-refractivity contribution is 8.05. The predicted octanol–water partition coefficient (Wildman–Crippen LogP) is 0.422. The van der Waals surface area contributed by atoms with Gasteiger partial charge in [0, 0.05) is 0 Å². The first-order valence-corrected chi connectivity index (χ1v) is 7.03. The summed E-state index contributed by atoms with van der Waals surface area (Å²) in [5.74, 6) is 0. The molecule has 8 heteroatoms. The van der Waals surface area contributed by atoms with Crippen molar-refractivity contribution in [2.45, 2.75) is 36.2 Å². The molecule has 6 nitrogen and oxygen atoms in total. The fourth-order valence-corrected chi connectivity index (χ4v) is 4.41. The van der Waals surface area contributed by atoms with Crippen molar-refractivity contribution in [2.75, 3.05) is 0 Å². The largest absolute Gasteiger partial charge is 0.287 e. The van der Waals surface area contributed by atoms with Crippen LogP contribution in [0, 0.1) is 0 Å². The monoisotopic (exact) mass is 244 g/mol. The Hall–Kier alpha value is -0.180. The Balaban J connectivity index is 3.30. The zero-order valence-corrected chi connectivity index (χ0v) is 9.01. The van der Waals surface area contributed by atoms with Crippen LogP contribution >= 0.6 is 0 Å². The molecular weight excluding hydrogens is 232 g/mol. The van der Waals surface area contributed by atoms with E-state index in [1.807, 2.05) is 0 Å². The molecule has 0 radical (unpaired) electrons. The summed E-state index contributed by atoms with van der Waals surface area (Å²) in [6.45, 7) is 0. The van der Waals surface area contributed by atoms with Gasteiger partial charge in [0.15, 0.2) is 0 Å². The minimum absolute atomic E-state index is 0.245. The van der Waals surface area contributed by atoms with Crippen LogP contribution in [0.5, 0.6) is 0 Å². The Bertz CT molecular complexity index is 366. The summed E-state index contributed by atoms with van der Waals surface area (Å²) in [5.41, 5.74) is 0. The minimum Gasteiger partial charge on any atom is -0.284 e. The molecule has 14 heavy (non-hydrogen) atoms. The molecule has 1 fully saturated rings. The Kier molecular flexibility index (Phi) is 2.92. The molecule has 84 valence electrons. The Labute approximate surface area is 82.8 Å². The van der Waals surface area contributed by atoms with Crippen LogP contribution in [0.15, 0.2) is 0 Å². The molecule has 0 aromatic heterocycles. The van der Waals surface area contributed by atoms with Gasteiger partial charge in [0.2, 0.25) is 4.08 Å². The van der Waals surface area contributed by atoms with Crippen molar-refractivity contribution in [1.82, 2.24) is 0 Å². The van der Waals surface area contributed by atoms with Gasteiger partial charge in [0.25, 0.3) is 20.2 Å². The molecule has 0 bridgehead atoms. The lowest BCUT2D eigenvalue weighted by Gasteiger charge is -2.30. The van der Waals surface area contributed by atoms with Crippen LogP contribution in [0.3, 0.4) is 0 Å². The molecule has 0 aromatic carbocycles. The van der Waals surface area contributed by atoms with Crippen LogP contribution in [-0.2, 0) is 20.2 Å². The maximum Gasteiger partial charge on any atom is 0.287 e. The van der Waals surface area contributed by atoms with E-state index in [1.165, 1.54) is 0 Å². The minimum atomic E-state index is -4.78. The maximum absolute atomic E-state index is 11.0. The standard InChI is InChI=1S/C6H12O6S2/c7-13(8,9)6(14(10,11)12)4-2-1-3-5-6/h1-5H2,(H,7,8,9)(H,10,11,12). The normalized spacial score (nSPS) is 23.3. The summed E-state index contributed by atoms with van der Waals surface area (Å²) in [6.07, 6.45) is 0.932. The molecule has 0 amide bonds. The van der Waals surface area contributed by atoms with E-state index in [-0.39, 0.29) is 12.8 Å². The molecular formula is C6H12O6S2. The third-order valence-corrected chi connectivity index (χ3v) is 6.52. The van der Waals surface area contributed by atoms with E-state index >= 15 is 0 Å². The molecule has 1 rings (SSSR count). The van der Waals surface area contributed by atoms with Crippen LogP contribution in [-0.4, -0.2) is 30.0 Å². The lowest BCUT2D eigenvalue weighted by molar-refractivity contribution is 0.368. The highest BCUT2D eigenvalue weighted by Crippen LogP contribution is 2.38. The van der Waals surface area contributed by atoms with Gasteiger partial charge in [-0.15, -0.1) is 0 Å². The van der Waals surface area contributed by atoms with Gasteiger partial charge in [0.05, 0.1) is 0 Å². The summed E-state index contributed by atoms with van der Waals surface area (Å²) in [6, 6.07) is 0. The van der Waals surface area contributed by atoms with Crippen molar-refractivity contribution in [1.29, 1.82) is 0 Å². The van der Waals surface area contributed by atoms with Gasteiger partial charge in [-0.25, -0.2) is 0 Å². The third-order valence-electron chi connectivity index (χ3n) is 2.56. The molecule has 0 heterocycles. The van der Waals surface area contributed by atoms with E-state index in [0.29, 0.717) is 19.3 Å². The molecule has 0 aromatic rings. The predicted molar refractivity (Wildman–Crippen MR) is 48.9 cm³/mol. The molecule has 2 N–H and O–H groups in total. The zero-order valence-electron chi connectivity index (χ0n) is 7.38. The fourth-order valence-electron chi connectivity index (χ4n) is 1.74. The van der Waals surface area contributed by atoms with Crippen molar-refractivity contribution in [3.05, 3.63) is 0 Å². The Morgan fingerprint density at radius 3 is 1.36 bits per heavy atom. The van der Waals surface area contributed by atoms with E-state index < -0.39 is 24.3 Å². The van der Waals surface area contributed by atoms with Crippen LogP contribution in [0.2, 0.25) is 0 Å². The number of hydrogen-bond acceptors (Lipinski definition) is 4. The third kappa shape index (κ3) is 1.79. The van der Waals surface area contributed by atoms with Crippen molar-refractivity contribution in [3.8, 4) is 0 Å². The maximum atomic E-state index is 11.0. The van der Waals surface area contributed by atoms with Crippen molar-refractivity contribution in [2.24, 2.45) is 0 Å². The topological polar surface area (TPSA) is 109 Å².